The van der Waals surface area contributed by atoms with Crippen LogP contribution in [-0.2, 0) is 6.42 Å². The van der Waals surface area contributed by atoms with Crippen LogP contribution in [0, 0.1) is 10.1 Å². The van der Waals surface area contributed by atoms with Gasteiger partial charge in [-0.25, -0.2) is 4.98 Å². The maximum Gasteiger partial charge on any atom is 0.288 e. The molecular weight excluding hydrogens is 296 g/mol. The molecule has 0 unspecified atom stereocenters. The minimum absolute atomic E-state index is 0.00868. The third-order valence-electron chi connectivity index (χ3n) is 2.84. The quantitative estimate of drug-likeness (QED) is 0.486. The lowest BCUT2D eigenvalue weighted by Gasteiger charge is -2.05. The van der Waals surface area contributed by atoms with Crippen LogP contribution in [0.5, 0.6) is 0 Å². The van der Waals surface area contributed by atoms with Crippen molar-refractivity contribution in [1.29, 1.82) is 0 Å². The zero-order chi connectivity index (χ0) is 15.2. The zero-order valence-electron chi connectivity index (χ0n) is 11.0. The Morgan fingerprint density at radius 1 is 1.48 bits per heavy atom. The van der Waals surface area contributed by atoms with Crippen molar-refractivity contribution in [2.75, 3.05) is 6.54 Å². The minimum atomic E-state index is -0.615. The van der Waals surface area contributed by atoms with Crippen LogP contribution in [0.3, 0.4) is 0 Å². The van der Waals surface area contributed by atoms with E-state index in [2.05, 4.69) is 15.3 Å². The van der Waals surface area contributed by atoms with Crippen LogP contribution in [0.25, 0.3) is 0 Å². The molecule has 0 aliphatic rings. The molecule has 1 aromatic heterocycles. The lowest BCUT2D eigenvalue weighted by Crippen LogP contribution is -2.24. The topological polar surface area (TPSA) is 101 Å². The fourth-order valence-corrected chi connectivity index (χ4v) is 1.97. The third-order valence-corrected chi connectivity index (χ3v) is 3.16. The summed E-state index contributed by atoms with van der Waals surface area (Å²) in [4.78, 5) is 29.1. The summed E-state index contributed by atoms with van der Waals surface area (Å²) in [6.45, 7) is 0.454. The number of H-pyrrole nitrogens is 1. The van der Waals surface area contributed by atoms with Crippen LogP contribution in [0.1, 0.15) is 22.6 Å². The normalized spacial score (nSPS) is 10.3. The molecule has 0 aliphatic carbocycles. The largest absolute Gasteiger partial charge is 0.352 e. The predicted molar refractivity (Wildman–Crippen MR) is 77.3 cm³/mol. The molecule has 21 heavy (non-hydrogen) atoms. The third kappa shape index (κ3) is 4.03. The second kappa shape index (κ2) is 6.85. The van der Waals surface area contributed by atoms with Gasteiger partial charge in [0.25, 0.3) is 11.6 Å². The Morgan fingerprint density at radius 3 is 2.95 bits per heavy atom. The Hall–Kier alpha value is -2.41. The molecule has 0 saturated carbocycles. The number of aromatic amines is 1. The average Bonchev–Trinajstić information content (AvgIpc) is 2.96. The zero-order valence-corrected chi connectivity index (χ0v) is 11.8. The molecule has 0 atom stereocenters. The van der Waals surface area contributed by atoms with Gasteiger partial charge >= 0.3 is 0 Å². The van der Waals surface area contributed by atoms with Gasteiger partial charge in [0.05, 0.1) is 4.92 Å². The van der Waals surface area contributed by atoms with E-state index in [9.17, 15) is 14.9 Å². The van der Waals surface area contributed by atoms with Crippen LogP contribution in [0.2, 0.25) is 5.02 Å². The van der Waals surface area contributed by atoms with Gasteiger partial charge in [0.15, 0.2) is 0 Å². The number of aromatic nitrogens is 2. The van der Waals surface area contributed by atoms with E-state index in [-0.39, 0.29) is 22.2 Å². The van der Waals surface area contributed by atoms with Crippen molar-refractivity contribution in [1.82, 2.24) is 15.3 Å². The van der Waals surface area contributed by atoms with Crippen molar-refractivity contribution in [2.45, 2.75) is 12.8 Å². The average molecular weight is 309 g/mol. The molecule has 0 aliphatic heterocycles. The van der Waals surface area contributed by atoms with Gasteiger partial charge in [-0.05, 0) is 18.6 Å². The maximum atomic E-state index is 11.9. The number of rotatable bonds is 6. The van der Waals surface area contributed by atoms with Gasteiger partial charge in [0, 0.05) is 37.0 Å². The van der Waals surface area contributed by atoms with Crippen LogP contribution in [0.4, 0.5) is 5.69 Å². The SMILES string of the molecule is O=C(NCCCc1ncc[nH]1)c1ccc(Cl)c([N+](=O)[O-])c1. The van der Waals surface area contributed by atoms with Crippen molar-refractivity contribution >= 4 is 23.2 Å². The smallest absolute Gasteiger partial charge is 0.288 e. The Balaban J connectivity index is 1.88. The first-order valence-corrected chi connectivity index (χ1v) is 6.66. The number of hydrogen-bond acceptors (Lipinski definition) is 4. The number of hydrogen-bond donors (Lipinski definition) is 2. The Labute approximate surface area is 125 Å². The molecule has 2 aromatic rings. The minimum Gasteiger partial charge on any atom is -0.352 e. The Bertz CT molecular complexity index is 643. The van der Waals surface area contributed by atoms with E-state index in [1.807, 2.05) is 0 Å². The van der Waals surface area contributed by atoms with E-state index in [4.69, 9.17) is 11.6 Å². The fourth-order valence-electron chi connectivity index (χ4n) is 1.79. The lowest BCUT2D eigenvalue weighted by molar-refractivity contribution is -0.384. The number of nitrogens with one attached hydrogen (secondary N) is 2. The molecule has 2 N–H and O–H groups in total. The molecule has 0 saturated heterocycles. The van der Waals surface area contributed by atoms with E-state index in [1.54, 1.807) is 12.4 Å². The number of nitro benzene ring substituents is 1. The number of nitrogens with zero attached hydrogens (tertiary/aromatic N) is 2. The summed E-state index contributed by atoms with van der Waals surface area (Å²) in [6.07, 6.45) is 4.84. The van der Waals surface area contributed by atoms with Crippen molar-refractivity contribution < 1.29 is 9.72 Å². The van der Waals surface area contributed by atoms with E-state index >= 15 is 0 Å². The van der Waals surface area contributed by atoms with Gasteiger partial charge in [-0.3, -0.25) is 14.9 Å². The number of nitro groups is 1. The number of carbonyl (C=O) groups is 1. The molecule has 7 nitrogen and oxygen atoms in total. The standard InChI is InChI=1S/C13H13ClN4O3/c14-10-4-3-9(8-11(10)18(20)21)13(19)17-5-1-2-12-15-6-7-16-12/h3-4,6-8H,1-2,5H2,(H,15,16)(H,17,19). The first-order chi connectivity index (χ1) is 10.1. The number of imidazole rings is 1. The Kier molecular flexibility index (Phi) is 4.89. The molecule has 1 heterocycles. The van der Waals surface area contributed by atoms with Crippen molar-refractivity contribution in [2.24, 2.45) is 0 Å². The molecule has 8 heteroatoms. The number of carbonyl (C=O) groups excluding carboxylic acids is 1. The van der Waals surface area contributed by atoms with Crippen LogP contribution in [0.15, 0.2) is 30.6 Å². The van der Waals surface area contributed by atoms with Gasteiger partial charge in [0.1, 0.15) is 10.8 Å². The van der Waals surface area contributed by atoms with Crippen LogP contribution >= 0.6 is 11.6 Å². The molecule has 0 bridgehead atoms. The van der Waals surface area contributed by atoms with E-state index in [1.165, 1.54) is 18.2 Å². The highest BCUT2D eigenvalue weighted by atomic mass is 35.5. The maximum absolute atomic E-state index is 11.9. The highest BCUT2D eigenvalue weighted by molar-refractivity contribution is 6.32. The summed E-state index contributed by atoms with van der Waals surface area (Å²) in [5.74, 6) is 0.487. The molecule has 1 amide bonds. The molecule has 0 radical (unpaired) electrons. The molecule has 0 spiro atoms. The monoisotopic (exact) mass is 308 g/mol. The summed E-state index contributed by atoms with van der Waals surface area (Å²) in [5.41, 5.74) is -0.0657. The molecule has 0 fully saturated rings. The molecule has 110 valence electrons. The summed E-state index contributed by atoms with van der Waals surface area (Å²) in [6, 6.07) is 3.97. The predicted octanol–water partition coefficient (Wildman–Crippen LogP) is 2.33. The number of benzene rings is 1. The van der Waals surface area contributed by atoms with Gasteiger partial charge < -0.3 is 10.3 Å². The summed E-state index contributed by atoms with van der Waals surface area (Å²) in [5, 5.41) is 13.5. The fraction of sp³-hybridized carbons (Fsp3) is 0.231. The summed E-state index contributed by atoms with van der Waals surface area (Å²) < 4.78 is 0. The molecule has 1 aromatic carbocycles. The highest BCUT2D eigenvalue weighted by Gasteiger charge is 2.15. The van der Waals surface area contributed by atoms with Gasteiger partial charge in [-0.2, -0.15) is 0 Å². The second-order valence-corrected chi connectivity index (χ2v) is 4.73. The molecular formula is C13H13ClN4O3. The number of halogens is 1. The van der Waals surface area contributed by atoms with E-state index in [0.29, 0.717) is 13.0 Å². The first-order valence-electron chi connectivity index (χ1n) is 6.28. The second-order valence-electron chi connectivity index (χ2n) is 4.32. The summed E-state index contributed by atoms with van der Waals surface area (Å²) in [7, 11) is 0. The first kappa shape index (κ1) is 15.0. The van der Waals surface area contributed by atoms with Crippen molar-refractivity contribution in [3.63, 3.8) is 0 Å². The van der Waals surface area contributed by atoms with Crippen molar-refractivity contribution in [3.8, 4) is 0 Å². The van der Waals surface area contributed by atoms with E-state index in [0.717, 1.165) is 12.2 Å². The van der Waals surface area contributed by atoms with Crippen molar-refractivity contribution in [3.05, 3.63) is 57.1 Å². The number of aryl methyl sites for hydroxylation is 1. The Morgan fingerprint density at radius 2 is 2.29 bits per heavy atom. The van der Waals surface area contributed by atoms with Gasteiger partial charge in [-0.15, -0.1) is 0 Å². The van der Waals surface area contributed by atoms with Gasteiger partial charge in [0.2, 0.25) is 0 Å². The van der Waals surface area contributed by atoms with E-state index < -0.39 is 4.92 Å². The van der Waals surface area contributed by atoms with Crippen LogP contribution < -0.4 is 5.32 Å². The van der Waals surface area contributed by atoms with Gasteiger partial charge in [-0.1, -0.05) is 11.6 Å². The number of amides is 1. The van der Waals surface area contributed by atoms with Crippen LogP contribution in [-0.4, -0.2) is 27.3 Å². The summed E-state index contributed by atoms with van der Waals surface area (Å²) >= 11 is 5.70. The molecule has 2 rings (SSSR count). The highest BCUT2D eigenvalue weighted by Crippen LogP contribution is 2.24. The lowest BCUT2D eigenvalue weighted by atomic mass is 10.2.